The van der Waals surface area contributed by atoms with Gasteiger partial charge in [-0.1, -0.05) is 23.7 Å². The number of nitrogens with zero attached hydrogens (tertiary/aromatic N) is 1. The van der Waals surface area contributed by atoms with Crippen LogP contribution < -0.4 is 9.47 Å². The van der Waals surface area contributed by atoms with Crippen LogP contribution in [-0.2, 0) is 16.1 Å². The highest BCUT2D eigenvalue weighted by molar-refractivity contribution is 6.32. The highest BCUT2D eigenvalue weighted by Gasteiger charge is 2.26. The van der Waals surface area contributed by atoms with Crippen LogP contribution in [0.2, 0.25) is 5.02 Å². The molecule has 1 aromatic heterocycles. The number of carbonyl (C=O) groups excluding carboxylic acids is 1. The van der Waals surface area contributed by atoms with Gasteiger partial charge in [0, 0.05) is 0 Å². The fraction of sp³-hybridized carbons (Fsp3) is 0.0909. The Bertz CT molecular complexity index is 1140. The van der Waals surface area contributed by atoms with Crippen LogP contribution in [0.3, 0.4) is 0 Å². The highest BCUT2D eigenvalue weighted by Crippen LogP contribution is 2.38. The number of hydrogen-bond donors (Lipinski definition) is 0. The van der Waals surface area contributed by atoms with E-state index in [-0.39, 0.29) is 29.0 Å². The van der Waals surface area contributed by atoms with Crippen LogP contribution in [0.25, 0.3) is 6.08 Å². The zero-order valence-corrected chi connectivity index (χ0v) is 16.5. The molecule has 4 rings (SSSR count). The summed E-state index contributed by atoms with van der Waals surface area (Å²) in [6.45, 7) is 0.180. The molecule has 0 unspecified atom stereocenters. The first-order valence-corrected chi connectivity index (χ1v) is 9.22. The van der Waals surface area contributed by atoms with Crippen LogP contribution in [0, 0.1) is 5.82 Å². The fourth-order valence-electron chi connectivity index (χ4n) is 2.77. The SMILES string of the molecule is COc1cc(/C=C2\N=C(c3ccco3)OC2=O)cc(Cl)c1OCc1ccc(F)cc1. The van der Waals surface area contributed by atoms with Crippen LogP contribution in [0.15, 0.2) is 69.9 Å². The predicted molar refractivity (Wildman–Crippen MR) is 108 cm³/mol. The van der Waals surface area contributed by atoms with Crippen molar-refractivity contribution < 1.29 is 27.8 Å². The van der Waals surface area contributed by atoms with Crippen molar-refractivity contribution in [1.29, 1.82) is 0 Å². The maximum atomic E-state index is 13.0. The largest absolute Gasteiger partial charge is 0.493 e. The molecule has 0 amide bonds. The summed E-state index contributed by atoms with van der Waals surface area (Å²) in [5, 5.41) is 0.282. The summed E-state index contributed by atoms with van der Waals surface area (Å²) in [5.41, 5.74) is 1.44. The second-order valence-electron chi connectivity index (χ2n) is 6.26. The molecule has 0 bridgehead atoms. The number of esters is 1. The van der Waals surface area contributed by atoms with E-state index >= 15 is 0 Å². The summed E-state index contributed by atoms with van der Waals surface area (Å²) in [4.78, 5) is 16.3. The van der Waals surface area contributed by atoms with E-state index in [2.05, 4.69) is 4.99 Å². The third-order valence-corrected chi connectivity index (χ3v) is 4.48. The molecule has 0 atom stereocenters. The summed E-state index contributed by atoms with van der Waals surface area (Å²) in [6.07, 6.45) is 2.99. The molecule has 0 radical (unpaired) electrons. The lowest BCUT2D eigenvalue weighted by Gasteiger charge is -2.13. The Labute approximate surface area is 176 Å². The molecule has 6 nitrogen and oxygen atoms in total. The van der Waals surface area contributed by atoms with Crippen LogP contribution in [0.5, 0.6) is 11.5 Å². The predicted octanol–water partition coefficient (Wildman–Crippen LogP) is 5.00. The van der Waals surface area contributed by atoms with Crippen LogP contribution in [0.1, 0.15) is 16.9 Å². The van der Waals surface area contributed by atoms with Gasteiger partial charge in [0.2, 0.25) is 0 Å². The summed E-state index contributed by atoms with van der Waals surface area (Å²) in [5.74, 6) is 0.223. The van der Waals surface area contributed by atoms with Crippen LogP contribution in [0.4, 0.5) is 4.39 Å². The Morgan fingerprint density at radius 1 is 1.20 bits per heavy atom. The second-order valence-corrected chi connectivity index (χ2v) is 6.67. The molecule has 2 heterocycles. The van der Waals surface area contributed by atoms with Crippen LogP contribution in [-0.4, -0.2) is 19.0 Å². The number of aliphatic imine (C=N–C) groups is 1. The van der Waals surface area contributed by atoms with Gasteiger partial charge in [0.15, 0.2) is 23.0 Å². The van der Waals surface area contributed by atoms with E-state index in [1.165, 1.54) is 31.6 Å². The quantitative estimate of drug-likeness (QED) is 0.409. The van der Waals surface area contributed by atoms with E-state index in [4.69, 9.17) is 30.2 Å². The lowest BCUT2D eigenvalue weighted by atomic mass is 10.1. The summed E-state index contributed by atoms with van der Waals surface area (Å²) in [6, 6.07) is 12.5. The third-order valence-electron chi connectivity index (χ3n) is 4.20. The fourth-order valence-corrected chi connectivity index (χ4v) is 3.05. The molecule has 1 aliphatic rings. The Hall–Kier alpha value is -3.58. The minimum Gasteiger partial charge on any atom is -0.493 e. The Kier molecular flexibility index (Phi) is 5.54. The number of halogens is 2. The van der Waals surface area contributed by atoms with E-state index in [1.54, 1.807) is 36.4 Å². The van der Waals surface area contributed by atoms with Crippen molar-refractivity contribution in [3.05, 3.63) is 88.2 Å². The van der Waals surface area contributed by atoms with Crippen molar-refractivity contribution in [3.63, 3.8) is 0 Å². The van der Waals surface area contributed by atoms with Crippen LogP contribution >= 0.6 is 11.6 Å². The molecule has 152 valence electrons. The van der Waals surface area contributed by atoms with Crippen molar-refractivity contribution in [2.45, 2.75) is 6.61 Å². The van der Waals surface area contributed by atoms with Gasteiger partial charge in [-0.05, 0) is 53.6 Å². The van der Waals surface area contributed by atoms with Gasteiger partial charge in [-0.2, -0.15) is 0 Å². The van der Waals surface area contributed by atoms with Gasteiger partial charge in [-0.15, -0.1) is 0 Å². The Morgan fingerprint density at radius 3 is 2.70 bits per heavy atom. The van der Waals surface area contributed by atoms with Crippen molar-refractivity contribution in [2.24, 2.45) is 4.99 Å². The van der Waals surface area contributed by atoms with E-state index in [0.717, 1.165) is 5.56 Å². The molecular weight excluding hydrogens is 413 g/mol. The van der Waals surface area contributed by atoms with Gasteiger partial charge in [-0.25, -0.2) is 14.2 Å². The van der Waals surface area contributed by atoms with Gasteiger partial charge < -0.3 is 18.6 Å². The molecule has 0 saturated carbocycles. The smallest absolute Gasteiger partial charge is 0.363 e. The first kappa shape index (κ1) is 19.7. The van der Waals surface area contributed by atoms with Gasteiger partial charge >= 0.3 is 5.97 Å². The summed E-state index contributed by atoms with van der Waals surface area (Å²) < 4.78 is 34.5. The van der Waals surface area contributed by atoms with Gasteiger partial charge in [0.05, 0.1) is 18.4 Å². The lowest BCUT2D eigenvalue weighted by molar-refractivity contribution is -0.130. The molecule has 8 heteroatoms. The number of rotatable bonds is 6. The monoisotopic (exact) mass is 427 g/mol. The van der Waals surface area contributed by atoms with Crippen molar-refractivity contribution in [3.8, 4) is 11.5 Å². The molecule has 0 fully saturated rings. The number of methoxy groups -OCH3 is 1. The third kappa shape index (κ3) is 4.21. The number of furan rings is 1. The molecule has 0 aliphatic carbocycles. The lowest BCUT2D eigenvalue weighted by Crippen LogP contribution is -2.04. The molecule has 0 saturated heterocycles. The maximum absolute atomic E-state index is 13.0. The molecule has 0 N–H and O–H groups in total. The molecule has 1 aliphatic heterocycles. The number of ether oxygens (including phenoxy) is 3. The average Bonchev–Trinajstić information content (AvgIpc) is 3.38. The molecule has 2 aromatic carbocycles. The normalized spacial score (nSPS) is 14.6. The zero-order valence-electron chi connectivity index (χ0n) is 15.7. The topological polar surface area (TPSA) is 70.3 Å². The molecular formula is C22H15ClFNO5. The number of benzene rings is 2. The van der Waals surface area contributed by atoms with E-state index in [0.29, 0.717) is 22.8 Å². The van der Waals surface area contributed by atoms with E-state index < -0.39 is 5.97 Å². The number of cyclic esters (lactones) is 1. The Morgan fingerprint density at radius 2 is 2.00 bits per heavy atom. The highest BCUT2D eigenvalue weighted by atomic mass is 35.5. The molecule has 30 heavy (non-hydrogen) atoms. The van der Waals surface area contributed by atoms with Gasteiger partial charge in [-0.3, -0.25) is 0 Å². The van der Waals surface area contributed by atoms with E-state index in [9.17, 15) is 9.18 Å². The standard InChI is InChI=1S/C22H15ClFNO5/c1-27-19-11-14(10-17-22(26)30-21(25-17)18-3-2-8-28-18)9-16(23)20(19)29-12-13-4-6-15(24)7-5-13/h2-11H,12H2,1H3/b17-10-. The minimum absolute atomic E-state index is 0.0913. The van der Waals surface area contributed by atoms with E-state index in [1.807, 2.05) is 0 Å². The Balaban J connectivity index is 1.58. The first-order valence-electron chi connectivity index (χ1n) is 8.84. The first-order chi connectivity index (χ1) is 14.5. The number of carbonyl (C=O) groups is 1. The molecule has 0 spiro atoms. The summed E-state index contributed by atoms with van der Waals surface area (Å²) in [7, 11) is 1.48. The van der Waals surface area contributed by atoms with Crippen molar-refractivity contribution >= 4 is 29.5 Å². The van der Waals surface area contributed by atoms with Gasteiger partial charge in [0.25, 0.3) is 5.90 Å². The number of hydrogen-bond acceptors (Lipinski definition) is 6. The minimum atomic E-state index is -0.604. The summed E-state index contributed by atoms with van der Waals surface area (Å²) >= 11 is 6.38. The maximum Gasteiger partial charge on any atom is 0.363 e. The van der Waals surface area contributed by atoms with Crippen molar-refractivity contribution in [1.82, 2.24) is 0 Å². The average molecular weight is 428 g/mol. The van der Waals surface area contributed by atoms with Crippen molar-refractivity contribution in [2.75, 3.05) is 7.11 Å². The van der Waals surface area contributed by atoms with Gasteiger partial charge in [0.1, 0.15) is 12.4 Å². The second kappa shape index (κ2) is 8.42. The zero-order chi connectivity index (χ0) is 21.1. The molecule has 3 aromatic rings.